The predicted molar refractivity (Wildman–Crippen MR) is 121 cm³/mol. The first-order chi connectivity index (χ1) is 16.3. The van der Waals surface area contributed by atoms with Gasteiger partial charge < -0.3 is 20.5 Å². The van der Waals surface area contributed by atoms with Crippen molar-refractivity contribution in [2.45, 2.75) is 43.2 Å². The van der Waals surface area contributed by atoms with Gasteiger partial charge in [0.05, 0.1) is 30.7 Å². The molecule has 0 unspecified atom stereocenters. The van der Waals surface area contributed by atoms with Crippen LogP contribution in [0, 0.1) is 5.82 Å². The lowest BCUT2D eigenvalue weighted by molar-refractivity contribution is 0.0521. The van der Waals surface area contributed by atoms with Crippen molar-refractivity contribution in [1.82, 2.24) is 29.3 Å². The van der Waals surface area contributed by atoms with E-state index in [4.69, 9.17) is 4.74 Å². The molecule has 176 valence electrons. The second-order valence-corrected chi connectivity index (χ2v) is 9.26. The number of hydrogen-bond donors (Lipinski definition) is 3. The van der Waals surface area contributed by atoms with E-state index >= 15 is 4.39 Å². The Morgan fingerprint density at radius 3 is 2.71 bits per heavy atom. The molecule has 3 N–H and O–H groups in total. The standard InChI is InChI=1S/C23H24FN7O3/c1-25-19(32)15-9-26-16-4-3-13(10-30(15)16)17-14(24)11-31-18(17)20(34-2)27-21(29-31)28-22-5-7-23(33,12-22)8-6-22/h3-4,9-11,33H,5-8,12H2,1-2H3,(H,25,32)(H,28,29). The summed E-state index contributed by atoms with van der Waals surface area (Å²) in [4.78, 5) is 21.0. The number of carbonyl (C=O) groups is 1. The van der Waals surface area contributed by atoms with E-state index in [1.807, 2.05) is 0 Å². The minimum atomic E-state index is -0.618. The normalized spacial score (nSPS) is 23.6. The molecule has 0 spiro atoms. The highest BCUT2D eigenvalue weighted by Gasteiger charge is 2.53. The monoisotopic (exact) mass is 465 g/mol. The van der Waals surface area contributed by atoms with Crippen molar-refractivity contribution in [3.63, 3.8) is 0 Å². The number of rotatable bonds is 5. The fourth-order valence-corrected chi connectivity index (χ4v) is 5.50. The number of carbonyl (C=O) groups excluding carboxylic acids is 1. The Morgan fingerprint density at radius 1 is 1.24 bits per heavy atom. The van der Waals surface area contributed by atoms with Crippen LogP contribution in [-0.4, -0.2) is 60.3 Å². The lowest BCUT2D eigenvalue weighted by Gasteiger charge is -2.27. The molecule has 0 atom stereocenters. The Hall–Kier alpha value is -3.73. The topological polar surface area (TPSA) is 118 Å². The minimum Gasteiger partial charge on any atom is -0.479 e. The quantitative estimate of drug-likeness (QED) is 0.414. The molecule has 34 heavy (non-hydrogen) atoms. The summed E-state index contributed by atoms with van der Waals surface area (Å²) in [6, 6.07) is 3.45. The van der Waals surface area contributed by atoms with Crippen molar-refractivity contribution in [3.05, 3.63) is 42.2 Å². The number of aromatic nitrogens is 5. The van der Waals surface area contributed by atoms with Gasteiger partial charge in [-0.05, 0) is 44.2 Å². The fourth-order valence-electron chi connectivity index (χ4n) is 5.50. The maximum Gasteiger partial charge on any atom is 0.269 e. The molecule has 4 aromatic heterocycles. The fraction of sp³-hybridized carbons (Fsp3) is 0.391. The number of anilines is 1. The maximum atomic E-state index is 15.3. The first-order valence-electron chi connectivity index (χ1n) is 11.2. The first kappa shape index (κ1) is 20.8. The molecule has 4 aromatic rings. The van der Waals surface area contributed by atoms with Crippen LogP contribution in [0.15, 0.2) is 30.7 Å². The predicted octanol–water partition coefficient (Wildman–Crippen LogP) is 2.41. The highest BCUT2D eigenvalue weighted by molar-refractivity contribution is 5.93. The van der Waals surface area contributed by atoms with Crippen LogP contribution in [0.25, 0.3) is 22.3 Å². The zero-order valence-corrected chi connectivity index (χ0v) is 18.8. The second-order valence-electron chi connectivity index (χ2n) is 9.26. The summed E-state index contributed by atoms with van der Waals surface area (Å²) in [5.74, 6) is -0.256. The maximum absolute atomic E-state index is 15.3. The van der Waals surface area contributed by atoms with E-state index in [0.29, 0.717) is 34.8 Å². The third-order valence-corrected chi connectivity index (χ3v) is 7.18. The minimum absolute atomic E-state index is 0.219. The Balaban J connectivity index is 1.45. The number of pyridine rings is 1. The number of nitrogens with zero attached hydrogens (tertiary/aromatic N) is 5. The number of ether oxygens (including phenoxy) is 1. The van der Waals surface area contributed by atoms with Gasteiger partial charge in [0.15, 0.2) is 5.82 Å². The van der Waals surface area contributed by atoms with Crippen molar-refractivity contribution >= 4 is 23.0 Å². The molecule has 2 saturated carbocycles. The van der Waals surface area contributed by atoms with Gasteiger partial charge in [0, 0.05) is 24.3 Å². The third-order valence-electron chi connectivity index (χ3n) is 7.18. The molecule has 0 saturated heterocycles. The summed E-state index contributed by atoms with van der Waals surface area (Å²) in [5, 5.41) is 21.0. The van der Waals surface area contributed by atoms with Gasteiger partial charge in [-0.15, -0.1) is 5.10 Å². The van der Waals surface area contributed by atoms with Crippen molar-refractivity contribution in [2.24, 2.45) is 0 Å². The Labute approximate surface area is 193 Å². The summed E-state index contributed by atoms with van der Waals surface area (Å²) >= 11 is 0. The Morgan fingerprint density at radius 2 is 2.03 bits per heavy atom. The van der Waals surface area contributed by atoms with Gasteiger partial charge in [0.1, 0.15) is 16.9 Å². The number of hydrogen-bond acceptors (Lipinski definition) is 7. The van der Waals surface area contributed by atoms with Gasteiger partial charge in [0.25, 0.3) is 5.91 Å². The van der Waals surface area contributed by atoms with Crippen molar-refractivity contribution in [2.75, 3.05) is 19.5 Å². The molecule has 2 bridgehead atoms. The number of fused-ring (bicyclic) bond motifs is 4. The van der Waals surface area contributed by atoms with Gasteiger partial charge in [-0.3, -0.25) is 9.20 Å². The number of amides is 1. The molecule has 0 radical (unpaired) electrons. The van der Waals surface area contributed by atoms with E-state index in [2.05, 4.69) is 25.7 Å². The van der Waals surface area contributed by atoms with Crippen LogP contribution in [0.3, 0.4) is 0 Å². The van der Waals surface area contributed by atoms with E-state index in [1.54, 1.807) is 22.7 Å². The first-order valence-corrected chi connectivity index (χ1v) is 11.2. The molecule has 10 nitrogen and oxygen atoms in total. The number of aliphatic hydroxyl groups is 1. The highest BCUT2D eigenvalue weighted by atomic mass is 19.1. The Bertz CT molecular complexity index is 1450. The molecule has 2 fully saturated rings. The van der Waals surface area contributed by atoms with Crippen LogP contribution >= 0.6 is 0 Å². The summed E-state index contributed by atoms with van der Waals surface area (Å²) in [6.45, 7) is 0. The van der Waals surface area contributed by atoms with E-state index in [0.717, 1.165) is 25.7 Å². The van der Waals surface area contributed by atoms with E-state index < -0.39 is 11.4 Å². The van der Waals surface area contributed by atoms with Crippen LogP contribution in [0.2, 0.25) is 0 Å². The molecular formula is C23H24FN7O3. The van der Waals surface area contributed by atoms with Gasteiger partial charge in [-0.1, -0.05) is 0 Å². The van der Waals surface area contributed by atoms with Gasteiger partial charge in [-0.25, -0.2) is 13.9 Å². The van der Waals surface area contributed by atoms with Crippen molar-refractivity contribution in [1.29, 1.82) is 0 Å². The smallest absolute Gasteiger partial charge is 0.269 e. The van der Waals surface area contributed by atoms with E-state index in [-0.39, 0.29) is 22.9 Å². The Kier molecular flexibility index (Phi) is 4.37. The largest absolute Gasteiger partial charge is 0.479 e. The average Bonchev–Trinajstić information content (AvgIpc) is 3.56. The molecule has 1 amide bonds. The van der Waals surface area contributed by atoms with Gasteiger partial charge in [-0.2, -0.15) is 4.98 Å². The van der Waals surface area contributed by atoms with Crippen molar-refractivity contribution in [3.8, 4) is 17.0 Å². The molecule has 0 aliphatic heterocycles. The highest BCUT2D eigenvalue weighted by Crippen LogP contribution is 2.51. The van der Waals surface area contributed by atoms with Crippen LogP contribution in [-0.2, 0) is 0 Å². The molecular weight excluding hydrogens is 441 g/mol. The number of imidazole rings is 1. The molecule has 2 aliphatic rings. The van der Waals surface area contributed by atoms with E-state index in [1.165, 1.54) is 31.1 Å². The van der Waals surface area contributed by atoms with E-state index in [9.17, 15) is 9.90 Å². The average molecular weight is 465 g/mol. The second kappa shape index (κ2) is 7.13. The van der Waals surface area contributed by atoms with Crippen LogP contribution in [0.4, 0.5) is 10.3 Å². The van der Waals surface area contributed by atoms with Gasteiger partial charge >= 0.3 is 0 Å². The molecule has 6 rings (SSSR count). The number of nitrogens with one attached hydrogen (secondary N) is 2. The van der Waals surface area contributed by atoms with Crippen LogP contribution in [0.5, 0.6) is 5.88 Å². The third kappa shape index (κ3) is 3.03. The van der Waals surface area contributed by atoms with Crippen LogP contribution in [0.1, 0.15) is 42.6 Å². The summed E-state index contributed by atoms with van der Waals surface area (Å²) in [7, 11) is 3.02. The molecule has 2 aliphatic carbocycles. The zero-order valence-electron chi connectivity index (χ0n) is 18.8. The molecule has 0 aromatic carbocycles. The zero-order chi connectivity index (χ0) is 23.7. The summed E-state index contributed by atoms with van der Waals surface area (Å²) < 4.78 is 23.9. The molecule has 11 heteroatoms. The van der Waals surface area contributed by atoms with Gasteiger partial charge in [0.2, 0.25) is 11.8 Å². The van der Waals surface area contributed by atoms with Crippen LogP contribution < -0.4 is 15.4 Å². The number of halogens is 1. The summed E-state index contributed by atoms with van der Waals surface area (Å²) in [5.41, 5.74) is 1.18. The van der Waals surface area contributed by atoms with Crippen molar-refractivity contribution < 1.29 is 19.0 Å². The molecule has 4 heterocycles. The SMILES string of the molecule is CNC(=O)c1cnc2ccc(-c3c(F)cn4nc(NC56CCC(O)(CC5)C6)nc(OC)c34)cn12. The summed E-state index contributed by atoms with van der Waals surface area (Å²) in [6.07, 6.45) is 8.22. The lowest BCUT2D eigenvalue weighted by Crippen LogP contribution is -2.34. The lowest BCUT2D eigenvalue weighted by atomic mass is 9.93. The number of methoxy groups -OCH3 is 1.